The van der Waals surface area contributed by atoms with E-state index in [4.69, 9.17) is 4.42 Å². The van der Waals surface area contributed by atoms with Gasteiger partial charge in [-0.05, 0) is 48.4 Å². The molecule has 7 nitrogen and oxygen atoms in total. The van der Waals surface area contributed by atoms with Crippen molar-refractivity contribution < 1.29 is 12.8 Å². The van der Waals surface area contributed by atoms with Gasteiger partial charge in [-0.2, -0.15) is 4.31 Å². The van der Waals surface area contributed by atoms with E-state index in [1.807, 2.05) is 0 Å². The predicted molar refractivity (Wildman–Crippen MR) is 121 cm³/mol. The molecule has 31 heavy (non-hydrogen) atoms. The number of benzene rings is 2. The smallest absolute Gasteiger partial charge is 0.408 e. The zero-order chi connectivity index (χ0) is 20.7. The lowest BCUT2D eigenvalue weighted by Crippen LogP contribution is -2.42. The van der Waals surface area contributed by atoms with Gasteiger partial charge in [0.1, 0.15) is 0 Å². The minimum Gasteiger partial charge on any atom is -0.408 e. The number of hydrogen-bond donors (Lipinski definition) is 1. The zero-order valence-corrected chi connectivity index (χ0v) is 18.8. The molecule has 2 aromatic carbocycles. The van der Waals surface area contributed by atoms with Gasteiger partial charge in [-0.25, -0.2) is 13.2 Å². The van der Waals surface area contributed by atoms with E-state index in [1.54, 1.807) is 10.4 Å². The summed E-state index contributed by atoms with van der Waals surface area (Å²) >= 11 is 0. The Kier molecular flexibility index (Phi) is 6.25. The Morgan fingerprint density at radius 1 is 1.03 bits per heavy atom. The van der Waals surface area contributed by atoms with Gasteiger partial charge in [0.2, 0.25) is 10.0 Å². The maximum Gasteiger partial charge on any atom is 0.417 e. The van der Waals surface area contributed by atoms with Gasteiger partial charge in [-0.15, -0.1) is 12.4 Å². The van der Waals surface area contributed by atoms with Crippen molar-refractivity contribution in [1.82, 2.24) is 14.2 Å². The van der Waals surface area contributed by atoms with Gasteiger partial charge >= 0.3 is 5.76 Å². The van der Waals surface area contributed by atoms with Gasteiger partial charge in [0.25, 0.3) is 0 Å². The van der Waals surface area contributed by atoms with Crippen molar-refractivity contribution in [3.8, 4) is 0 Å². The maximum absolute atomic E-state index is 13.1. The molecule has 166 valence electrons. The van der Waals surface area contributed by atoms with Gasteiger partial charge in [-0.1, -0.05) is 24.3 Å². The van der Waals surface area contributed by atoms with Crippen LogP contribution in [0.15, 0.2) is 56.6 Å². The molecule has 1 N–H and O–H groups in total. The quantitative estimate of drug-likeness (QED) is 0.642. The van der Waals surface area contributed by atoms with Crippen LogP contribution in [0.5, 0.6) is 0 Å². The lowest BCUT2D eigenvalue weighted by atomic mass is 9.94. The van der Waals surface area contributed by atoms with Crippen LogP contribution >= 0.6 is 12.4 Å². The van der Waals surface area contributed by atoms with Crippen LogP contribution in [0, 0.1) is 5.92 Å². The van der Waals surface area contributed by atoms with Crippen LogP contribution < -0.4 is 5.76 Å². The number of piperidine rings is 1. The van der Waals surface area contributed by atoms with Crippen molar-refractivity contribution >= 4 is 33.5 Å². The topological polar surface area (TPSA) is 86.6 Å². The molecule has 0 amide bonds. The van der Waals surface area contributed by atoms with E-state index in [9.17, 15) is 13.2 Å². The largest absolute Gasteiger partial charge is 0.417 e. The summed E-state index contributed by atoms with van der Waals surface area (Å²) in [4.78, 5) is 16.5. The van der Waals surface area contributed by atoms with Gasteiger partial charge in [-0.3, -0.25) is 9.88 Å². The lowest BCUT2D eigenvalue weighted by molar-refractivity contribution is 0.171. The molecule has 0 aliphatic carbocycles. The van der Waals surface area contributed by atoms with Crippen LogP contribution in [0.4, 0.5) is 0 Å². The molecule has 1 aromatic heterocycles. The highest BCUT2D eigenvalue weighted by atomic mass is 35.5. The van der Waals surface area contributed by atoms with Crippen molar-refractivity contribution in [3.63, 3.8) is 0 Å². The number of H-pyrrole nitrogens is 1. The van der Waals surface area contributed by atoms with Crippen molar-refractivity contribution in [2.24, 2.45) is 5.92 Å². The second-order valence-corrected chi connectivity index (χ2v) is 10.2. The first-order valence-corrected chi connectivity index (χ1v) is 11.9. The molecule has 0 radical (unpaired) electrons. The van der Waals surface area contributed by atoms with Crippen molar-refractivity contribution in [1.29, 1.82) is 0 Å². The van der Waals surface area contributed by atoms with E-state index < -0.39 is 15.8 Å². The molecule has 3 aromatic rings. The molecule has 0 saturated carbocycles. The Morgan fingerprint density at radius 3 is 2.55 bits per heavy atom. The normalized spacial score (nSPS) is 18.6. The molecule has 0 bridgehead atoms. The summed E-state index contributed by atoms with van der Waals surface area (Å²) in [7, 11) is -3.60. The number of rotatable bonds is 4. The Labute approximate surface area is 187 Å². The molecule has 2 aliphatic heterocycles. The van der Waals surface area contributed by atoms with Crippen LogP contribution in [-0.2, 0) is 23.0 Å². The molecule has 1 saturated heterocycles. The van der Waals surface area contributed by atoms with Gasteiger partial charge in [0, 0.05) is 38.8 Å². The average molecular weight is 464 g/mol. The zero-order valence-electron chi connectivity index (χ0n) is 17.1. The molecular formula is C22H26ClN3O4S. The second-order valence-electron chi connectivity index (χ2n) is 8.27. The number of sulfonamides is 1. The fourth-order valence-electron chi connectivity index (χ4n) is 4.64. The van der Waals surface area contributed by atoms with Gasteiger partial charge in [0.05, 0.1) is 10.4 Å². The van der Waals surface area contributed by atoms with Crippen molar-refractivity contribution in [2.45, 2.75) is 30.7 Å². The van der Waals surface area contributed by atoms with Crippen LogP contribution in [0.3, 0.4) is 0 Å². The molecule has 0 unspecified atom stereocenters. The van der Waals surface area contributed by atoms with Gasteiger partial charge in [0.15, 0.2) is 5.58 Å². The maximum atomic E-state index is 13.1. The minimum atomic E-state index is -3.60. The fraction of sp³-hybridized carbons (Fsp3) is 0.409. The van der Waals surface area contributed by atoms with Crippen molar-refractivity contribution in [3.05, 3.63) is 64.1 Å². The summed E-state index contributed by atoms with van der Waals surface area (Å²) in [6.45, 7) is 4.11. The lowest BCUT2D eigenvalue weighted by Gasteiger charge is -2.36. The Morgan fingerprint density at radius 2 is 1.77 bits per heavy atom. The second kappa shape index (κ2) is 8.78. The Balaban J connectivity index is 0.00000231. The number of aromatic amines is 1. The molecule has 1 fully saturated rings. The molecule has 0 atom stereocenters. The van der Waals surface area contributed by atoms with E-state index in [1.165, 1.54) is 23.3 Å². The molecule has 2 aliphatic rings. The van der Waals surface area contributed by atoms with E-state index >= 15 is 0 Å². The number of aromatic nitrogens is 1. The third-order valence-electron chi connectivity index (χ3n) is 6.33. The first-order chi connectivity index (χ1) is 14.5. The summed E-state index contributed by atoms with van der Waals surface area (Å²) in [5.74, 6) is -0.0763. The number of hydrogen-bond acceptors (Lipinski definition) is 5. The third kappa shape index (κ3) is 4.43. The number of halogens is 1. The summed E-state index contributed by atoms with van der Waals surface area (Å²) < 4.78 is 32.7. The number of nitrogens with one attached hydrogen (secondary N) is 1. The van der Waals surface area contributed by atoms with Crippen molar-refractivity contribution in [2.75, 3.05) is 26.2 Å². The highest BCUT2D eigenvalue weighted by Gasteiger charge is 2.31. The third-order valence-corrected chi connectivity index (χ3v) is 8.22. The van der Waals surface area contributed by atoms with Gasteiger partial charge < -0.3 is 4.42 Å². The highest BCUT2D eigenvalue weighted by molar-refractivity contribution is 7.89. The van der Waals surface area contributed by atoms with E-state index in [0.29, 0.717) is 24.5 Å². The van der Waals surface area contributed by atoms with E-state index in [0.717, 1.165) is 38.9 Å². The van der Waals surface area contributed by atoms with Crippen LogP contribution in [-0.4, -0.2) is 48.8 Å². The molecule has 3 heterocycles. The van der Waals surface area contributed by atoms with E-state index in [-0.39, 0.29) is 22.9 Å². The standard InChI is InChI=1S/C22H25N3O4S.ClH/c26-22-23-20-6-5-19(13-21(20)29-22)30(27,28)25-11-7-16(8-12-25)14-24-10-9-17-3-1-2-4-18(17)15-24;/h1-6,13,16H,7-12,14-15H2,(H,23,26);1H. The summed E-state index contributed by atoms with van der Waals surface area (Å²) in [5.41, 5.74) is 3.63. The Bertz CT molecular complexity index is 1230. The van der Waals surface area contributed by atoms with Crippen LogP contribution in [0.25, 0.3) is 11.1 Å². The predicted octanol–water partition coefficient (Wildman–Crippen LogP) is 3.00. The first-order valence-electron chi connectivity index (χ1n) is 10.4. The first kappa shape index (κ1) is 22.1. The number of nitrogens with zero attached hydrogens (tertiary/aromatic N) is 2. The number of fused-ring (bicyclic) bond motifs is 2. The molecule has 9 heteroatoms. The summed E-state index contributed by atoms with van der Waals surface area (Å²) in [6, 6.07) is 13.2. The van der Waals surface area contributed by atoms with Crippen LogP contribution in [0.2, 0.25) is 0 Å². The SMILES string of the molecule is Cl.O=c1[nH]c2ccc(S(=O)(=O)N3CCC(CN4CCc5ccccc5C4)CC3)cc2o1. The monoisotopic (exact) mass is 463 g/mol. The average Bonchev–Trinajstić information content (AvgIpc) is 3.13. The minimum absolute atomic E-state index is 0. The van der Waals surface area contributed by atoms with E-state index in [2.05, 4.69) is 34.1 Å². The molecular weight excluding hydrogens is 438 g/mol. The fourth-order valence-corrected chi connectivity index (χ4v) is 6.13. The van der Waals surface area contributed by atoms with Crippen LogP contribution in [0.1, 0.15) is 24.0 Å². The molecule has 5 rings (SSSR count). The molecule has 0 spiro atoms. The summed E-state index contributed by atoms with van der Waals surface area (Å²) in [6.07, 6.45) is 2.80. The highest BCUT2D eigenvalue weighted by Crippen LogP contribution is 2.27. The Hall–Kier alpha value is -2.13. The number of oxazole rings is 1. The summed E-state index contributed by atoms with van der Waals surface area (Å²) in [5, 5.41) is 0.